The average Bonchev–Trinajstić information content (AvgIpc) is 3.72. The van der Waals surface area contributed by atoms with Crippen molar-refractivity contribution in [1.82, 2.24) is 10.0 Å². The van der Waals surface area contributed by atoms with Gasteiger partial charge in [0.25, 0.3) is 11.8 Å². The van der Waals surface area contributed by atoms with Crippen molar-refractivity contribution in [2.45, 2.75) is 24.2 Å². The molecule has 4 amide bonds. The number of carbonyl (C=O) groups excluding carboxylic acids is 4. The molecule has 4 saturated heterocycles. The first-order valence-electron chi connectivity index (χ1n) is 14.5. The zero-order valence-electron chi connectivity index (χ0n) is 23.6. The number of fused-ring (bicyclic) bond motifs is 5. The Balaban J connectivity index is 1.32. The van der Waals surface area contributed by atoms with Crippen molar-refractivity contribution in [2.24, 2.45) is 11.8 Å². The van der Waals surface area contributed by atoms with Gasteiger partial charge in [0.1, 0.15) is 12.1 Å². The summed E-state index contributed by atoms with van der Waals surface area (Å²) in [7, 11) is 0. The molecular formula is C34H22Cl4N4O4. The number of benzene rings is 4. The van der Waals surface area contributed by atoms with E-state index < -0.39 is 59.6 Å². The van der Waals surface area contributed by atoms with Gasteiger partial charge in [0.15, 0.2) is 0 Å². The smallest absolute Gasteiger partial charge is 0.253 e. The highest BCUT2D eigenvalue weighted by molar-refractivity contribution is 6.43. The molecule has 8 rings (SSSR count). The number of imide groups is 2. The number of amides is 4. The molecule has 4 fully saturated rings. The lowest BCUT2D eigenvalue weighted by atomic mass is 9.84. The van der Waals surface area contributed by atoms with Gasteiger partial charge in [-0.25, -0.2) is 19.8 Å². The second kappa shape index (κ2) is 10.9. The summed E-state index contributed by atoms with van der Waals surface area (Å²) in [5.41, 5.74) is 2.06. The minimum atomic E-state index is -0.998. The molecule has 0 N–H and O–H groups in total. The number of rotatable bonds is 4. The predicted octanol–water partition coefficient (Wildman–Crippen LogP) is 6.75. The third-order valence-corrected chi connectivity index (χ3v) is 10.8. The average molecular weight is 692 g/mol. The van der Waals surface area contributed by atoms with Crippen LogP contribution in [0, 0.1) is 11.8 Å². The number of nitrogens with zero attached hydrogens (tertiary/aromatic N) is 4. The van der Waals surface area contributed by atoms with Gasteiger partial charge in [-0.1, -0.05) is 107 Å². The van der Waals surface area contributed by atoms with E-state index in [2.05, 4.69) is 0 Å². The van der Waals surface area contributed by atoms with Gasteiger partial charge in [-0.05, 0) is 47.5 Å². The summed E-state index contributed by atoms with van der Waals surface area (Å²) in [4.78, 5) is 60.1. The summed E-state index contributed by atoms with van der Waals surface area (Å²) < 4.78 is 0. The Morgan fingerprint density at radius 1 is 0.413 bits per heavy atom. The van der Waals surface area contributed by atoms with Crippen molar-refractivity contribution < 1.29 is 19.2 Å². The largest absolute Gasteiger partial charge is 0.274 e. The first-order chi connectivity index (χ1) is 22.2. The van der Waals surface area contributed by atoms with Gasteiger partial charge in [0.2, 0.25) is 11.8 Å². The monoisotopic (exact) mass is 690 g/mol. The van der Waals surface area contributed by atoms with Crippen LogP contribution < -0.4 is 9.80 Å². The van der Waals surface area contributed by atoms with Crippen LogP contribution in [-0.4, -0.2) is 45.7 Å². The molecular weight excluding hydrogens is 670 g/mol. The summed E-state index contributed by atoms with van der Waals surface area (Å²) in [5, 5.41) is 4.61. The molecule has 6 atom stereocenters. The van der Waals surface area contributed by atoms with Crippen LogP contribution in [0.2, 0.25) is 20.1 Å². The molecule has 4 aliphatic rings. The predicted molar refractivity (Wildman–Crippen MR) is 175 cm³/mol. The van der Waals surface area contributed by atoms with Gasteiger partial charge < -0.3 is 0 Å². The topological polar surface area (TPSA) is 81.2 Å². The van der Waals surface area contributed by atoms with Crippen LogP contribution in [0.15, 0.2) is 97.1 Å². The van der Waals surface area contributed by atoms with Crippen molar-refractivity contribution >= 4 is 81.4 Å². The SMILES string of the molecule is O=C1[C@@H]2[C@@H](C(=O)N1c1ccc(Cl)c(Cl)c1)N1[C@@H](c3ccccc3)[C@H]3C(=O)N(c4ccc(Cl)c(Cl)c4)C(=O)[C@@H]3N1[C@@H]2c1ccccc1. The third kappa shape index (κ3) is 4.15. The molecule has 46 heavy (non-hydrogen) atoms. The van der Waals surface area contributed by atoms with E-state index >= 15 is 0 Å². The first-order valence-corrected chi connectivity index (χ1v) is 16.0. The van der Waals surface area contributed by atoms with Gasteiger partial charge in [0, 0.05) is 0 Å². The molecule has 12 heteroatoms. The number of carbonyl (C=O) groups is 4. The zero-order chi connectivity index (χ0) is 32.0. The Kier molecular flexibility index (Phi) is 7.03. The lowest BCUT2D eigenvalue weighted by Crippen LogP contribution is -2.50. The van der Waals surface area contributed by atoms with Crippen molar-refractivity contribution in [1.29, 1.82) is 0 Å². The summed E-state index contributed by atoms with van der Waals surface area (Å²) in [6, 6.07) is 24.3. The van der Waals surface area contributed by atoms with Crippen molar-refractivity contribution in [3.05, 3.63) is 128 Å². The second-order valence-electron chi connectivity index (χ2n) is 11.6. The summed E-state index contributed by atoms with van der Waals surface area (Å²) in [5.74, 6) is -3.59. The Bertz CT molecular complexity index is 1820. The number of hydrogen-bond donors (Lipinski definition) is 0. The highest BCUT2D eigenvalue weighted by Gasteiger charge is 2.73. The van der Waals surface area contributed by atoms with E-state index in [4.69, 9.17) is 46.4 Å². The molecule has 4 aliphatic heterocycles. The van der Waals surface area contributed by atoms with E-state index in [1.807, 2.05) is 70.7 Å². The van der Waals surface area contributed by atoms with Crippen LogP contribution in [0.25, 0.3) is 0 Å². The number of hydrogen-bond acceptors (Lipinski definition) is 6. The van der Waals surface area contributed by atoms with E-state index in [0.29, 0.717) is 11.4 Å². The standard InChI is InChI=1S/C34H22Cl4N4O4/c35-21-13-11-19(15-23(21)37)39-31(43)25-27(17-7-3-1-4-8-17)41-30-26(28(18-9-5-2-6-10-18)42(41)29(25)33(39)45)32(44)40(34(30)46)20-12-14-22(36)24(38)16-20/h1-16,25-30H/t25-,26+,27+,28-,29-,30+. The molecule has 0 saturated carbocycles. The van der Waals surface area contributed by atoms with Crippen LogP contribution in [-0.2, 0) is 19.2 Å². The molecule has 8 nitrogen and oxygen atoms in total. The third-order valence-electron chi connectivity index (χ3n) is 9.33. The van der Waals surface area contributed by atoms with E-state index in [1.54, 1.807) is 12.1 Å². The zero-order valence-corrected chi connectivity index (χ0v) is 26.7. The van der Waals surface area contributed by atoms with Gasteiger partial charge in [0.05, 0.1) is 55.4 Å². The Hall–Kier alpha value is -3.76. The quantitative estimate of drug-likeness (QED) is 0.221. The van der Waals surface area contributed by atoms with Crippen LogP contribution in [0.3, 0.4) is 0 Å². The second-order valence-corrected chi connectivity index (χ2v) is 13.3. The normalized spacial score (nSPS) is 27.5. The van der Waals surface area contributed by atoms with Crippen molar-refractivity contribution in [2.75, 3.05) is 9.80 Å². The Morgan fingerprint density at radius 3 is 1.13 bits per heavy atom. The number of hydrazine groups is 1. The maximum absolute atomic E-state index is 14.5. The van der Waals surface area contributed by atoms with Crippen LogP contribution in [0.4, 0.5) is 11.4 Å². The van der Waals surface area contributed by atoms with Gasteiger partial charge in [-0.3, -0.25) is 19.2 Å². The van der Waals surface area contributed by atoms with Gasteiger partial charge in [-0.2, -0.15) is 0 Å². The van der Waals surface area contributed by atoms with Gasteiger partial charge >= 0.3 is 0 Å². The minimum Gasteiger partial charge on any atom is -0.274 e. The Labute approximate surface area is 283 Å². The van der Waals surface area contributed by atoms with E-state index in [0.717, 1.165) is 20.9 Å². The number of anilines is 2. The molecule has 0 bridgehead atoms. The number of halogens is 4. The fraction of sp³-hybridized carbons (Fsp3) is 0.176. The molecule has 0 spiro atoms. The molecule has 0 aliphatic carbocycles. The van der Waals surface area contributed by atoms with Crippen LogP contribution in [0.5, 0.6) is 0 Å². The fourth-order valence-electron chi connectivity index (χ4n) is 7.56. The van der Waals surface area contributed by atoms with E-state index in [1.165, 1.54) is 24.3 Å². The molecule has 0 unspecified atom stereocenters. The lowest BCUT2D eigenvalue weighted by molar-refractivity contribution is -0.136. The summed E-state index contributed by atoms with van der Waals surface area (Å²) in [6.45, 7) is 0. The summed E-state index contributed by atoms with van der Waals surface area (Å²) >= 11 is 24.9. The van der Waals surface area contributed by atoms with Gasteiger partial charge in [-0.15, -0.1) is 0 Å². The van der Waals surface area contributed by atoms with Crippen LogP contribution in [0.1, 0.15) is 23.2 Å². The molecule has 4 aromatic rings. The molecule has 0 radical (unpaired) electrons. The maximum atomic E-state index is 14.5. The van der Waals surface area contributed by atoms with E-state index in [-0.39, 0.29) is 20.1 Å². The maximum Gasteiger partial charge on any atom is 0.253 e. The molecule has 230 valence electrons. The summed E-state index contributed by atoms with van der Waals surface area (Å²) in [6.07, 6.45) is 0. The first kappa shape index (κ1) is 29.6. The van der Waals surface area contributed by atoms with Crippen molar-refractivity contribution in [3.8, 4) is 0 Å². The fourth-order valence-corrected chi connectivity index (χ4v) is 8.14. The molecule has 0 aromatic heterocycles. The molecule has 4 heterocycles. The highest BCUT2D eigenvalue weighted by atomic mass is 35.5. The Morgan fingerprint density at radius 2 is 0.783 bits per heavy atom. The van der Waals surface area contributed by atoms with Crippen molar-refractivity contribution in [3.63, 3.8) is 0 Å². The van der Waals surface area contributed by atoms with E-state index in [9.17, 15) is 19.2 Å². The lowest BCUT2D eigenvalue weighted by Gasteiger charge is -2.35. The highest BCUT2D eigenvalue weighted by Crippen LogP contribution is 2.59. The van der Waals surface area contributed by atoms with Crippen LogP contribution >= 0.6 is 46.4 Å². The minimum absolute atomic E-state index is 0.203. The molecule has 4 aromatic carbocycles.